The third-order valence-corrected chi connectivity index (χ3v) is 3.26. The standard InChI is InChI=1S/C16H18N2O3/c1-3-9-17-11-14(12(2)19)15(20)18(16(17)21)10-13-7-5-4-6-8-13/h4-8,11H,3,9-10H2,1-2H3. The van der Waals surface area contributed by atoms with Gasteiger partial charge in [0.2, 0.25) is 0 Å². The number of carbonyl (C=O) groups excluding carboxylic acids is 1. The van der Waals surface area contributed by atoms with Gasteiger partial charge in [0.15, 0.2) is 5.78 Å². The highest BCUT2D eigenvalue weighted by Gasteiger charge is 2.14. The number of carbonyl (C=O) groups is 1. The molecule has 0 fully saturated rings. The van der Waals surface area contributed by atoms with Crippen LogP contribution < -0.4 is 11.2 Å². The van der Waals surface area contributed by atoms with Crippen LogP contribution in [0.5, 0.6) is 0 Å². The summed E-state index contributed by atoms with van der Waals surface area (Å²) in [5, 5.41) is 0. The predicted octanol–water partition coefficient (Wildman–Crippen LogP) is 1.67. The average molecular weight is 286 g/mol. The number of Topliss-reactive ketones (excluding diaryl/α,β-unsaturated/α-hetero) is 1. The summed E-state index contributed by atoms with van der Waals surface area (Å²) in [5.74, 6) is -0.327. The molecule has 0 N–H and O–H groups in total. The van der Waals surface area contributed by atoms with Gasteiger partial charge in [-0.05, 0) is 18.9 Å². The van der Waals surface area contributed by atoms with Gasteiger partial charge >= 0.3 is 5.69 Å². The Balaban J connectivity index is 2.60. The van der Waals surface area contributed by atoms with Crippen molar-refractivity contribution in [3.63, 3.8) is 0 Å². The molecule has 1 aromatic carbocycles. The van der Waals surface area contributed by atoms with Gasteiger partial charge in [-0.15, -0.1) is 0 Å². The number of aryl methyl sites for hydroxylation is 1. The molecule has 0 bridgehead atoms. The summed E-state index contributed by atoms with van der Waals surface area (Å²) < 4.78 is 2.56. The normalized spacial score (nSPS) is 10.6. The summed E-state index contributed by atoms with van der Waals surface area (Å²) in [4.78, 5) is 36.3. The van der Waals surface area contributed by atoms with Gasteiger partial charge in [-0.25, -0.2) is 4.79 Å². The second-order valence-corrected chi connectivity index (χ2v) is 4.95. The van der Waals surface area contributed by atoms with Crippen molar-refractivity contribution >= 4 is 5.78 Å². The van der Waals surface area contributed by atoms with Crippen LogP contribution in [0.25, 0.3) is 0 Å². The van der Waals surface area contributed by atoms with Gasteiger partial charge in [0.25, 0.3) is 5.56 Å². The summed E-state index contributed by atoms with van der Waals surface area (Å²) in [6.45, 7) is 3.92. The van der Waals surface area contributed by atoms with Crippen molar-refractivity contribution in [3.05, 3.63) is 68.5 Å². The molecule has 0 saturated heterocycles. The van der Waals surface area contributed by atoms with Crippen LogP contribution in [0.1, 0.15) is 36.2 Å². The molecule has 21 heavy (non-hydrogen) atoms. The maximum Gasteiger partial charge on any atom is 0.331 e. The first-order valence-corrected chi connectivity index (χ1v) is 6.93. The highest BCUT2D eigenvalue weighted by molar-refractivity contribution is 5.93. The molecule has 0 aliphatic heterocycles. The molecule has 0 unspecified atom stereocenters. The monoisotopic (exact) mass is 286 g/mol. The minimum atomic E-state index is -0.524. The lowest BCUT2D eigenvalue weighted by Gasteiger charge is -2.11. The van der Waals surface area contributed by atoms with E-state index in [-0.39, 0.29) is 23.6 Å². The van der Waals surface area contributed by atoms with Crippen LogP contribution in [0.2, 0.25) is 0 Å². The molecule has 0 spiro atoms. The Kier molecular flexibility index (Phi) is 4.52. The van der Waals surface area contributed by atoms with Gasteiger partial charge < -0.3 is 0 Å². The van der Waals surface area contributed by atoms with Crippen LogP contribution in [0.3, 0.4) is 0 Å². The Morgan fingerprint density at radius 1 is 1.14 bits per heavy atom. The molecule has 0 radical (unpaired) electrons. The molecule has 0 atom stereocenters. The van der Waals surface area contributed by atoms with Crippen LogP contribution in [0.4, 0.5) is 0 Å². The van der Waals surface area contributed by atoms with E-state index in [4.69, 9.17) is 0 Å². The molecule has 0 aliphatic carbocycles. The lowest BCUT2D eigenvalue weighted by Crippen LogP contribution is -2.42. The van der Waals surface area contributed by atoms with Gasteiger partial charge in [-0.2, -0.15) is 0 Å². The fourth-order valence-corrected chi connectivity index (χ4v) is 2.20. The first-order chi connectivity index (χ1) is 10.0. The van der Waals surface area contributed by atoms with E-state index in [1.54, 1.807) is 0 Å². The van der Waals surface area contributed by atoms with E-state index < -0.39 is 5.56 Å². The lowest BCUT2D eigenvalue weighted by molar-refractivity contribution is 0.101. The first kappa shape index (κ1) is 15.0. The molecule has 1 aromatic heterocycles. The number of nitrogens with zero attached hydrogens (tertiary/aromatic N) is 2. The summed E-state index contributed by atoms with van der Waals surface area (Å²) in [7, 11) is 0. The SMILES string of the molecule is CCCn1cc(C(C)=O)c(=O)n(Cc2ccccc2)c1=O. The topological polar surface area (TPSA) is 61.1 Å². The number of hydrogen-bond acceptors (Lipinski definition) is 3. The molecule has 2 aromatic rings. The molecule has 2 rings (SSSR count). The Hall–Kier alpha value is -2.43. The zero-order valence-corrected chi connectivity index (χ0v) is 12.2. The number of hydrogen-bond donors (Lipinski definition) is 0. The molecule has 5 heteroatoms. The van der Waals surface area contributed by atoms with Gasteiger partial charge in [0, 0.05) is 12.7 Å². The van der Waals surface area contributed by atoms with Gasteiger partial charge in [-0.3, -0.25) is 18.7 Å². The van der Waals surface area contributed by atoms with Crippen molar-refractivity contribution in [1.82, 2.24) is 9.13 Å². The fraction of sp³-hybridized carbons (Fsp3) is 0.312. The number of rotatable bonds is 5. The van der Waals surface area contributed by atoms with Gasteiger partial charge in [0.1, 0.15) is 0 Å². The highest BCUT2D eigenvalue weighted by Crippen LogP contribution is 2.00. The Labute approximate surface area is 122 Å². The second-order valence-electron chi connectivity index (χ2n) is 4.95. The highest BCUT2D eigenvalue weighted by atomic mass is 16.2. The molecular weight excluding hydrogens is 268 g/mol. The predicted molar refractivity (Wildman–Crippen MR) is 80.8 cm³/mol. The van der Waals surface area contributed by atoms with E-state index in [0.717, 1.165) is 16.6 Å². The van der Waals surface area contributed by atoms with E-state index in [0.29, 0.717) is 6.54 Å². The van der Waals surface area contributed by atoms with Crippen molar-refractivity contribution in [2.45, 2.75) is 33.4 Å². The largest absolute Gasteiger partial charge is 0.331 e. The maximum atomic E-state index is 12.4. The van der Waals surface area contributed by atoms with Gasteiger partial charge in [-0.1, -0.05) is 37.3 Å². The van der Waals surface area contributed by atoms with Crippen molar-refractivity contribution in [3.8, 4) is 0 Å². The third kappa shape index (κ3) is 3.18. The summed E-state index contributed by atoms with van der Waals surface area (Å²) >= 11 is 0. The number of aromatic nitrogens is 2. The van der Waals surface area contributed by atoms with Gasteiger partial charge in [0.05, 0.1) is 12.1 Å². The smallest absolute Gasteiger partial charge is 0.300 e. The third-order valence-electron chi connectivity index (χ3n) is 3.26. The van der Waals surface area contributed by atoms with Crippen molar-refractivity contribution < 1.29 is 4.79 Å². The average Bonchev–Trinajstić information content (AvgIpc) is 2.47. The van der Waals surface area contributed by atoms with Crippen molar-refractivity contribution in [2.24, 2.45) is 0 Å². The summed E-state index contributed by atoms with van der Waals surface area (Å²) in [5.41, 5.74) is -0.00107. The Morgan fingerprint density at radius 3 is 2.38 bits per heavy atom. The zero-order chi connectivity index (χ0) is 15.4. The van der Waals surface area contributed by atoms with E-state index in [1.807, 2.05) is 37.3 Å². The van der Waals surface area contributed by atoms with Crippen LogP contribution >= 0.6 is 0 Å². The molecule has 0 aliphatic rings. The van der Waals surface area contributed by atoms with E-state index in [1.165, 1.54) is 17.7 Å². The molecule has 110 valence electrons. The minimum absolute atomic E-state index is 0.0546. The zero-order valence-electron chi connectivity index (χ0n) is 12.2. The summed E-state index contributed by atoms with van der Waals surface area (Å²) in [6, 6.07) is 9.25. The summed E-state index contributed by atoms with van der Waals surface area (Å²) in [6.07, 6.45) is 2.12. The minimum Gasteiger partial charge on any atom is -0.300 e. The quantitative estimate of drug-likeness (QED) is 0.786. The van der Waals surface area contributed by atoms with Crippen molar-refractivity contribution in [2.75, 3.05) is 0 Å². The van der Waals surface area contributed by atoms with Crippen LogP contribution in [0, 0.1) is 0 Å². The second kappa shape index (κ2) is 6.35. The van der Waals surface area contributed by atoms with Crippen LogP contribution in [-0.2, 0) is 13.1 Å². The Bertz CT molecular complexity index is 757. The lowest BCUT2D eigenvalue weighted by atomic mass is 10.2. The Morgan fingerprint density at radius 2 is 1.81 bits per heavy atom. The van der Waals surface area contributed by atoms with E-state index in [2.05, 4.69) is 0 Å². The first-order valence-electron chi connectivity index (χ1n) is 6.93. The van der Waals surface area contributed by atoms with E-state index >= 15 is 0 Å². The van der Waals surface area contributed by atoms with E-state index in [9.17, 15) is 14.4 Å². The molecule has 0 amide bonds. The maximum absolute atomic E-state index is 12.4. The fourth-order valence-electron chi connectivity index (χ4n) is 2.20. The number of ketones is 1. The van der Waals surface area contributed by atoms with Crippen LogP contribution in [-0.4, -0.2) is 14.9 Å². The molecule has 5 nitrogen and oxygen atoms in total. The van der Waals surface area contributed by atoms with Crippen molar-refractivity contribution in [1.29, 1.82) is 0 Å². The molecule has 1 heterocycles. The number of benzene rings is 1. The molecule has 0 saturated carbocycles. The molecular formula is C16H18N2O3. The van der Waals surface area contributed by atoms with Crippen LogP contribution in [0.15, 0.2) is 46.1 Å².